The predicted octanol–water partition coefficient (Wildman–Crippen LogP) is 1.16. The number of hydrogen-bond donors (Lipinski definition) is 0. The van der Waals surface area contributed by atoms with Gasteiger partial charge in [-0.3, -0.25) is 0 Å². The molecule has 0 aliphatic heterocycles. The van der Waals surface area contributed by atoms with E-state index in [9.17, 15) is 9.90 Å². The summed E-state index contributed by atoms with van der Waals surface area (Å²) >= 11 is 2.06. The van der Waals surface area contributed by atoms with E-state index in [0.717, 1.165) is 3.57 Å². The Hall–Kier alpha value is -0.980. The maximum Gasteiger partial charge on any atom is 0.161 e. The molecule has 1 aromatic carbocycles. The second-order valence-corrected chi connectivity index (χ2v) is 4.43. The highest BCUT2D eigenvalue weighted by Crippen LogP contribution is 2.34. The fourth-order valence-electron chi connectivity index (χ4n) is 1.33. The van der Waals surface area contributed by atoms with Crippen LogP contribution in [0.15, 0.2) is 12.1 Å². The van der Waals surface area contributed by atoms with Crippen LogP contribution >= 0.6 is 22.6 Å². The van der Waals surface area contributed by atoms with Crippen LogP contribution in [0.3, 0.4) is 0 Å². The van der Waals surface area contributed by atoms with Crippen molar-refractivity contribution in [2.45, 2.75) is 12.8 Å². The van der Waals surface area contributed by atoms with Crippen molar-refractivity contribution < 1.29 is 19.4 Å². The molecule has 0 radical (unpaired) electrons. The second kappa shape index (κ2) is 5.38. The molecule has 0 spiro atoms. The van der Waals surface area contributed by atoms with Crippen LogP contribution in [0.1, 0.15) is 18.4 Å². The molecular formula is C11H12IO4-. The van der Waals surface area contributed by atoms with E-state index < -0.39 is 11.9 Å². The van der Waals surface area contributed by atoms with Gasteiger partial charge in [0.2, 0.25) is 0 Å². The van der Waals surface area contributed by atoms with Crippen molar-refractivity contribution in [1.82, 2.24) is 0 Å². The maximum absolute atomic E-state index is 10.8. The zero-order valence-electron chi connectivity index (χ0n) is 9.24. The van der Waals surface area contributed by atoms with E-state index in [0.29, 0.717) is 17.1 Å². The normalized spacial score (nSPS) is 12.0. The number of ether oxygens (including phenoxy) is 2. The number of rotatable bonds is 4. The van der Waals surface area contributed by atoms with E-state index in [1.54, 1.807) is 19.1 Å². The summed E-state index contributed by atoms with van der Waals surface area (Å²) in [5.41, 5.74) is 0.665. The molecule has 1 rings (SSSR count). The Labute approximate surface area is 108 Å². The van der Waals surface area contributed by atoms with E-state index in [4.69, 9.17) is 9.47 Å². The molecule has 1 aromatic rings. The molecule has 0 amide bonds. The minimum atomic E-state index is -1.11. The number of carboxylic acid groups (broad SMARTS) is 1. The molecule has 1 atom stereocenters. The van der Waals surface area contributed by atoms with Gasteiger partial charge in [0, 0.05) is 15.5 Å². The fraction of sp³-hybridized carbons (Fsp3) is 0.364. The molecule has 16 heavy (non-hydrogen) atoms. The Morgan fingerprint density at radius 3 is 2.25 bits per heavy atom. The number of carbonyl (C=O) groups excluding carboxylic acids is 1. The van der Waals surface area contributed by atoms with Crippen molar-refractivity contribution in [3.63, 3.8) is 0 Å². The van der Waals surface area contributed by atoms with Gasteiger partial charge >= 0.3 is 0 Å². The quantitative estimate of drug-likeness (QED) is 0.775. The van der Waals surface area contributed by atoms with Crippen LogP contribution in [0.5, 0.6) is 11.5 Å². The number of methoxy groups -OCH3 is 2. The van der Waals surface area contributed by atoms with Crippen molar-refractivity contribution >= 4 is 28.6 Å². The molecule has 0 saturated heterocycles. The molecule has 88 valence electrons. The molecule has 0 aromatic heterocycles. The van der Waals surface area contributed by atoms with Crippen LogP contribution in [0.25, 0.3) is 0 Å². The summed E-state index contributed by atoms with van der Waals surface area (Å²) < 4.78 is 11.1. The highest BCUT2D eigenvalue weighted by molar-refractivity contribution is 14.1. The minimum absolute atomic E-state index is 0.519. The summed E-state index contributed by atoms with van der Waals surface area (Å²) in [6, 6.07) is 3.41. The Morgan fingerprint density at radius 1 is 1.31 bits per heavy atom. The fourth-order valence-corrected chi connectivity index (χ4v) is 2.23. The Bertz CT molecular complexity index is 403. The van der Waals surface area contributed by atoms with Crippen LogP contribution in [-0.4, -0.2) is 20.2 Å². The van der Waals surface area contributed by atoms with E-state index in [-0.39, 0.29) is 0 Å². The number of carboxylic acids is 1. The van der Waals surface area contributed by atoms with Gasteiger partial charge in [-0.1, -0.05) is 6.92 Å². The molecule has 0 aliphatic carbocycles. The first kappa shape index (κ1) is 13.1. The Balaban J connectivity index is 3.26. The average Bonchev–Trinajstić information content (AvgIpc) is 2.27. The summed E-state index contributed by atoms with van der Waals surface area (Å²) in [7, 11) is 3.05. The molecule has 1 unspecified atom stereocenters. The van der Waals surface area contributed by atoms with Gasteiger partial charge in [-0.05, 0) is 40.3 Å². The van der Waals surface area contributed by atoms with Crippen molar-refractivity contribution in [2.24, 2.45) is 0 Å². The van der Waals surface area contributed by atoms with Gasteiger partial charge in [-0.2, -0.15) is 0 Å². The number of carbonyl (C=O) groups is 1. The third kappa shape index (κ3) is 2.58. The summed E-state index contributed by atoms with van der Waals surface area (Å²) in [5.74, 6) is -0.677. The van der Waals surface area contributed by atoms with Crippen LogP contribution in [0.4, 0.5) is 0 Å². The molecule has 0 N–H and O–H groups in total. The smallest absolute Gasteiger partial charge is 0.161 e. The van der Waals surface area contributed by atoms with Gasteiger partial charge in [0.05, 0.1) is 14.2 Å². The lowest BCUT2D eigenvalue weighted by atomic mass is 10.0. The van der Waals surface area contributed by atoms with E-state index >= 15 is 0 Å². The Morgan fingerprint density at radius 2 is 1.81 bits per heavy atom. The standard InChI is InChI=1S/C11H13IO4/c1-6(11(13)14)7-4-9(15-2)10(16-3)5-8(7)12/h4-6H,1-3H3,(H,13,14)/p-1. The van der Waals surface area contributed by atoms with Crippen LogP contribution < -0.4 is 14.6 Å². The van der Waals surface area contributed by atoms with Gasteiger partial charge in [0.15, 0.2) is 11.5 Å². The highest BCUT2D eigenvalue weighted by Gasteiger charge is 2.15. The monoisotopic (exact) mass is 335 g/mol. The molecule has 4 nitrogen and oxygen atoms in total. The number of benzene rings is 1. The maximum atomic E-state index is 10.8. The van der Waals surface area contributed by atoms with Crippen molar-refractivity contribution in [3.8, 4) is 11.5 Å². The molecule has 0 fully saturated rings. The van der Waals surface area contributed by atoms with Crippen LogP contribution in [0, 0.1) is 3.57 Å². The summed E-state index contributed by atoms with van der Waals surface area (Å²) in [4.78, 5) is 10.8. The molecule has 0 heterocycles. The molecule has 5 heteroatoms. The lowest BCUT2D eigenvalue weighted by molar-refractivity contribution is -0.307. The van der Waals surface area contributed by atoms with E-state index in [1.807, 2.05) is 0 Å². The zero-order chi connectivity index (χ0) is 12.3. The van der Waals surface area contributed by atoms with Gasteiger partial charge < -0.3 is 19.4 Å². The third-order valence-corrected chi connectivity index (χ3v) is 3.26. The number of aliphatic carboxylic acids is 1. The predicted molar refractivity (Wildman–Crippen MR) is 65.7 cm³/mol. The van der Waals surface area contributed by atoms with E-state index in [1.165, 1.54) is 14.2 Å². The third-order valence-electron chi connectivity index (χ3n) is 2.32. The summed E-state index contributed by atoms with van der Waals surface area (Å²) in [6.07, 6.45) is 0. The Kier molecular flexibility index (Phi) is 4.40. The first-order valence-electron chi connectivity index (χ1n) is 4.63. The highest BCUT2D eigenvalue weighted by atomic mass is 127. The van der Waals surface area contributed by atoms with Crippen LogP contribution in [-0.2, 0) is 4.79 Å². The minimum Gasteiger partial charge on any atom is -0.550 e. The van der Waals surface area contributed by atoms with Gasteiger partial charge in [-0.15, -0.1) is 0 Å². The lowest BCUT2D eigenvalue weighted by Gasteiger charge is -2.17. The van der Waals surface area contributed by atoms with Gasteiger partial charge in [0.1, 0.15) is 0 Å². The largest absolute Gasteiger partial charge is 0.550 e. The SMILES string of the molecule is COc1cc(I)c(C(C)C(=O)[O-])cc1OC. The van der Waals surface area contributed by atoms with Crippen molar-refractivity contribution in [3.05, 3.63) is 21.3 Å². The van der Waals surface area contributed by atoms with Crippen molar-refractivity contribution in [1.29, 1.82) is 0 Å². The molecule has 0 bridgehead atoms. The van der Waals surface area contributed by atoms with Crippen molar-refractivity contribution in [2.75, 3.05) is 14.2 Å². The average molecular weight is 335 g/mol. The summed E-state index contributed by atoms with van der Waals surface area (Å²) in [5, 5.41) is 10.8. The van der Waals surface area contributed by atoms with Gasteiger partial charge in [-0.25, -0.2) is 0 Å². The first-order chi connectivity index (χ1) is 7.51. The van der Waals surface area contributed by atoms with Crippen LogP contribution in [0.2, 0.25) is 0 Å². The molecule has 0 aliphatic rings. The second-order valence-electron chi connectivity index (χ2n) is 3.27. The lowest BCUT2D eigenvalue weighted by Crippen LogP contribution is -2.28. The topological polar surface area (TPSA) is 58.6 Å². The number of halogens is 1. The summed E-state index contributed by atoms with van der Waals surface area (Å²) in [6.45, 7) is 1.58. The van der Waals surface area contributed by atoms with E-state index in [2.05, 4.69) is 22.6 Å². The number of hydrogen-bond acceptors (Lipinski definition) is 4. The molecular weight excluding hydrogens is 323 g/mol. The molecule has 0 saturated carbocycles. The van der Waals surface area contributed by atoms with Gasteiger partial charge in [0.25, 0.3) is 0 Å². The zero-order valence-corrected chi connectivity index (χ0v) is 11.4. The first-order valence-corrected chi connectivity index (χ1v) is 5.71.